The van der Waals surface area contributed by atoms with E-state index in [1.54, 1.807) is 0 Å². The van der Waals surface area contributed by atoms with Gasteiger partial charge in [-0.2, -0.15) is 5.10 Å². The predicted molar refractivity (Wildman–Crippen MR) is 79.9 cm³/mol. The zero-order valence-electron chi connectivity index (χ0n) is 12.0. The van der Waals surface area contributed by atoms with Gasteiger partial charge < -0.3 is 0 Å². The van der Waals surface area contributed by atoms with E-state index in [0.717, 1.165) is 37.3 Å². The molecule has 0 saturated carbocycles. The summed E-state index contributed by atoms with van der Waals surface area (Å²) >= 11 is 0. The molecule has 1 unspecified atom stereocenters. The Morgan fingerprint density at radius 2 is 1.95 bits per heavy atom. The van der Waals surface area contributed by atoms with Gasteiger partial charge in [-0.15, -0.1) is 0 Å². The van der Waals surface area contributed by atoms with Gasteiger partial charge in [0.25, 0.3) is 0 Å². The second-order valence-electron chi connectivity index (χ2n) is 6.35. The molecule has 2 aliphatic rings. The number of hydrogen-bond acceptors (Lipinski definition) is 3. The van der Waals surface area contributed by atoms with E-state index in [9.17, 15) is 4.79 Å². The molecule has 2 N–H and O–H groups in total. The van der Waals surface area contributed by atoms with Crippen LogP contribution in [0.3, 0.4) is 0 Å². The molecule has 2 aromatic rings. The quantitative estimate of drug-likeness (QED) is 0.894. The van der Waals surface area contributed by atoms with Gasteiger partial charge in [0.15, 0.2) is 0 Å². The summed E-state index contributed by atoms with van der Waals surface area (Å²) in [7, 11) is 0. The Morgan fingerprint density at radius 3 is 2.62 bits per heavy atom. The van der Waals surface area contributed by atoms with Crippen molar-refractivity contribution >= 4 is 0 Å². The van der Waals surface area contributed by atoms with Gasteiger partial charge in [-0.1, -0.05) is 24.3 Å². The molecule has 1 aliphatic carbocycles. The highest BCUT2D eigenvalue weighted by Crippen LogP contribution is 2.35. The Balaban J connectivity index is 1.38. The fourth-order valence-corrected chi connectivity index (χ4v) is 3.91. The van der Waals surface area contributed by atoms with Crippen molar-refractivity contribution in [2.24, 2.45) is 11.8 Å². The molecule has 5 nitrogen and oxygen atoms in total. The molecule has 1 saturated heterocycles. The zero-order valence-corrected chi connectivity index (χ0v) is 12.0. The lowest BCUT2D eigenvalue weighted by Gasteiger charge is -2.19. The van der Waals surface area contributed by atoms with Gasteiger partial charge in [0.2, 0.25) is 0 Å². The molecule has 2 heterocycles. The lowest BCUT2D eigenvalue weighted by molar-refractivity contribution is 0.280. The fourth-order valence-electron chi connectivity index (χ4n) is 3.91. The molecule has 0 amide bonds. The summed E-state index contributed by atoms with van der Waals surface area (Å²) in [6.07, 6.45) is 3.72. The van der Waals surface area contributed by atoms with E-state index in [1.807, 2.05) is 0 Å². The van der Waals surface area contributed by atoms with Gasteiger partial charge in [0.05, 0.1) is 6.54 Å². The monoisotopic (exact) mass is 284 g/mol. The number of benzene rings is 1. The molecule has 0 spiro atoms. The van der Waals surface area contributed by atoms with Crippen molar-refractivity contribution < 1.29 is 0 Å². The average Bonchev–Trinajstić information content (AvgIpc) is 3.18. The van der Waals surface area contributed by atoms with Crippen LogP contribution in [0, 0.1) is 11.8 Å². The standard InChI is InChI=1S/C16H20N4O/c21-16-17-15(18-19-16)10-20-6-5-13(9-20)14-7-11-3-1-2-4-12(11)8-14/h1-4,13-14H,5-10H2,(H2,17,18,19,21). The summed E-state index contributed by atoms with van der Waals surface area (Å²) in [5, 5.41) is 6.43. The van der Waals surface area contributed by atoms with Crippen molar-refractivity contribution in [1.29, 1.82) is 0 Å². The molecule has 4 rings (SSSR count). The molecule has 5 heteroatoms. The first-order valence-electron chi connectivity index (χ1n) is 7.70. The lowest BCUT2D eigenvalue weighted by atomic mass is 9.89. The zero-order chi connectivity index (χ0) is 14.2. The Labute approximate surface area is 123 Å². The molecule has 0 bridgehead atoms. The highest BCUT2D eigenvalue weighted by molar-refractivity contribution is 5.32. The molecule has 21 heavy (non-hydrogen) atoms. The third-order valence-electron chi connectivity index (χ3n) is 4.98. The summed E-state index contributed by atoms with van der Waals surface area (Å²) in [4.78, 5) is 16.2. The topological polar surface area (TPSA) is 64.8 Å². The minimum Gasteiger partial charge on any atom is -0.296 e. The molecule has 0 radical (unpaired) electrons. The second kappa shape index (κ2) is 5.15. The number of rotatable bonds is 3. The number of hydrogen-bond donors (Lipinski definition) is 2. The van der Waals surface area contributed by atoms with Crippen molar-refractivity contribution in [3.05, 3.63) is 51.7 Å². The van der Waals surface area contributed by atoms with Gasteiger partial charge in [-0.3, -0.25) is 9.88 Å². The van der Waals surface area contributed by atoms with Gasteiger partial charge in [0, 0.05) is 6.54 Å². The van der Waals surface area contributed by atoms with Crippen LogP contribution in [0.5, 0.6) is 0 Å². The van der Waals surface area contributed by atoms with Crippen molar-refractivity contribution in [2.75, 3.05) is 13.1 Å². The predicted octanol–water partition coefficient (Wildman–Crippen LogP) is 1.33. The van der Waals surface area contributed by atoms with E-state index in [0.29, 0.717) is 0 Å². The van der Waals surface area contributed by atoms with Crippen molar-refractivity contribution in [3.8, 4) is 0 Å². The maximum atomic E-state index is 11.1. The van der Waals surface area contributed by atoms with Crippen LogP contribution in [0.2, 0.25) is 0 Å². The first-order chi connectivity index (χ1) is 10.3. The van der Waals surface area contributed by atoms with Crippen molar-refractivity contribution in [1.82, 2.24) is 20.1 Å². The highest BCUT2D eigenvalue weighted by atomic mass is 16.1. The molecule has 1 aromatic heterocycles. The summed E-state index contributed by atoms with van der Waals surface area (Å²) in [5.74, 6) is 2.30. The van der Waals surface area contributed by atoms with Gasteiger partial charge >= 0.3 is 5.69 Å². The van der Waals surface area contributed by atoms with Crippen LogP contribution in [-0.2, 0) is 19.4 Å². The summed E-state index contributed by atoms with van der Waals surface area (Å²) < 4.78 is 0. The SMILES string of the molecule is O=c1[nH]nc(CN2CCC(C3Cc4ccccc4C3)C2)[nH]1. The minimum absolute atomic E-state index is 0.216. The average molecular weight is 284 g/mol. The number of likely N-dealkylation sites (tertiary alicyclic amines) is 1. The number of fused-ring (bicyclic) bond motifs is 1. The van der Waals surface area contributed by atoms with Crippen LogP contribution >= 0.6 is 0 Å². The van der Waals surface area contributed by atoms with E-state index in [4.69, 9.17) is 0 Å². The summed E-state index contributed by atoms with van der Waals surface area (Å²) in [5.41, 5.74) is 2.86. The Kier molecular flexibility index (Phi) is 3.15. The molecule has 1 aliphatic heterocycles. The number of nitrogens with one attached hydrogen (secondary N) is 2. The third-order valence-corrected chi connectivity index (χ3v) is 4.98. The van der Waals surface area contributed by atoms with E-state index >= 15 is 0 Å². The van der Waals surface area contributed by atoms with Gasteiger partial charge in [-0.25, -0.2) is 9.89 Å². The first kappa shape index (κ1) is 12.8. The van der Waals surface area contributed by atoms with Gasteiger partial charge in [0.1, 0.15) is 5.82 Å². The van der Waals surface area contributed by atoms with Crippen molar-refractivity contribution in [2.45, 2.75) is 25.8 Å². The number of aromatic amines is 2. The van der Waals surface area contributed by atoms with E-state index in [1.165, 1.54) is 30.4 Å². The number of nitrogens with zero attached hydrogens (tertiary/aromatic N) is 2. The van der Waals surface area contributed by atoms with Crippen LogP contribution in [0.1, 0.15) is 23.4 Å². The van der Waals surface area contributed by atoms with E-state index < -0.39 is 0 Å². The maximum absolute atomic E-state index is 11.1. The van der Waals surface area contributed by atoms with Crippen LogP contribution in [0.4, 0.5) is 0 Å². The molecule has 1 atom stereocenters. The third kappa shape index (κ3) is 2.53. The Bertz CT molecular complexity index is 664. The number of H-pyrrole nitrogens is 2. The Hall–Kier alpha value is -1.88. The molecule has 1 aromatic carbocycles. The molecule has 1 fully saturated rings. The van der Waals surface area contributed by atoms with Gasteiger partial charge in [-0.05, 0) is 48.8 Å². The first-order valence-corrected chi connectivity index (χ1v) is 7.70. The van der Waals surface area contributed by atoms with Crippen LogP contribution in [0.15, 0.2) is 29.1 Å². The maximum Gasteiger partial charge on any atom is 0.340 e. The summed E-state index contributed by atoms with van der Waals surface area (Å²) in [6.45, 7) is 2.97. The van der Waals surface area contributed by atoms with Crippen LogP contribution in [0.25, 0.3) is 0 Å². The van der Waals surface area contributed by atoms with Crippen molar-refractivity contribution in [3.63, 3.8) is 0 Å². The highest BCUT2D eigenvalue weighted by Gasteiger charge is 2.33. The van der Waals surface area contributed by atoms with E-state index in [-0.39, 0.29) is 5.69 Å². The largest absolute Gasteiger partial charge is 0.340 e. The molecular formula is C16H20N4O. The molecular weight excluding hydrogens is 264 g/mol. The van der Waals surface area contributed by atoms with Crippen LogP contribution in [-0.4, -0.2) is 33.2 Å². The smallest absolute Gasteiger partial charge is 0.296 e. The Morgan fingerprint density at radius 1 is 1.19 bits per heavy atom. The van der Waals surface area contributed by atoms with Crippen LogP contribution < -0.4 is 5.69 Å². The fraction of sp³-hybridized carbons (Fsp3) is 0.500. The normalized spacial score (nSPS) is 22.8. The lowest BCUT2D eigenvalue weighted by Crippen LogP contribution is -2.24. The number of aromatic nitrogens is 3. The second-order valence-corrected chi connectivity index (χ2v) is 6.35. The summed E-state index contributed by atoms with van der Waals surface area (Å²) in [6, 6.07) is 8.85. The van der Waals surface area contributed by atoms with E-state index in [2.05, 4.69) is 44.3 Å². The minimum atomic E-state index is -0.216. The molecule has 110 valence electrons.